The average molecular weight is 425 g/mol. The number of rotatable bonds is 7. The van der Waals surface area contributed by atoms with Crippen LogP contribution in [0.2, 0.25) is 0 Å². The molecule has 0 spiro atoms. The average Bonchev–Trinajstić information content (AvgIpc) is 2.74. The van der Waals surface area contributed by atoms with Gasteiger partial charge in [0.15, 0.2) is 9.84 Å². The quantitative estimate of drug-likeness (QED) is 0.682. The van der Waals surface area contributed by atoms with E-state index in [1.54, 1.807) is 25.1 Å². The monoisotopic (exact) mass is 424 g/mol. The molecule has 0 amide bonds. The largest absolute Gasteiger partial charge is 0.495 e. The van der Waals surface area contributed by atoms with Crippen LogP contribution in [-0.4, -0.2) is 65.6 Å². The Bertz CT molecular complexity index is 941. The molecule has 3 rings (SSSR count). The fourth-order valence-corrected chi connectivity index (χ4v) is 4.65. The third kappa shape index (κ3) is 4.70. The first kappa shape index (κ1) is 21.5. The molecule has 1 heterocycles. The zero-order valence-corrected chi connectivity index (χ0v) is 17.5. The summed E-state index contributed by atoms with van der Waals surface area (Å²) in [4.78, 5) is 4.27. The van der Waals surface area contributed by atoms with Gasteiger partial charge in [-0.05, 0) is 29.8 Å². The number of benzene rings is 2. The SMILES string of the molecule is CCS(=O)(=O)c1cc(N2CCN(CCF)CC2)cc(-c2ccc(F)cc2)c1OC. The second kappa shape index (κ2) is 9.09. The highest BCUT2D eigenvalue weighted by Crippen LogP contribution is 2.40. The smallest absolute Gasteiger partial charge is 0.181 e. The highest BCUT2D eigenvalue weighted by molar-refractivity contribution is 7.91. The Hall–Kier alpha value is -2.19. The van der Waals surface area contributed by atoms with Crippen molar-refractivity contribution < 1.29 is 21.9 Å². The van der Waals surface area contributed by atoms with Crippen molar-refractivity contribution in [3.63, 3.8) is 0 Å². The molecule has 2 aromatic rings. The molecule has 0 N–H and O–H groups in total. The third-order valence-electron chi connectivity index (χ3n) is 5.25. The third-order valence-corrected chi connectivity index (χ3v) is 6.99. The van der Waals surface area contributed by atoms with Gasteiger partial charge in [-0.2, -0.15) is 0 Å². The number of hydrogen-bond acceptors (Lipinski definition) is 5. The lowest BCUT2D eigenvalue weighted by Gasteiger charge is -2.36. The van der Waals surface area contributed by atoms with Gasteiger partial charge in [0.05, 0.1) is 12.9 Å². The first-order valence-electron chi connectivity index (χ1n) is 9.63. The molecule has 8 heteroatoms. The molecule has 2 aromatic carbocycles. The number of halogens is 2. The van der Waals surface area contributed by atoms with Crippen LogP contribution < -0.4 is 9.64 Å². The van der Waals surface area contributed by atoms with E-state index in [0.717, 1.165) is 5.69 Å². The second-order valence-electron chi connectivity index (χ2n) is 6.95. The molecule has 1 saturated heterocycles. The minimum atomic E-state index is -3.55. The summed E-state index contributed by atoms with van der Waals surface area (Å²) in [5, 5.41) is 0. The number of alkyl halides is 1. The van der Waals surface area contributed by atoms with Crippen molar-refractivity contribution in [2.45, 2.75) is 11.8 Å². The van der Waals surface area contributed by atoms with Gasteiger partial charge in [-0.25, -0.2) is 17.2 Å². The molecule has 0 saturated carbocycles. The Labute approximate surface area is 170 Å². The zero-order valence-electron chi connectivity index (χ0n) is 16.7. The van der Waals surface area contributed by atoms with Crippen LogP contribution in [0.4, 0.5) is 14.5 Å². The first-order chi connectivity index (χ1) is 13.9. The summed E-state index contributed by atoms with van der Waals surface area (Å²) in [6.07, 6.45) is 0. The standard InChI is InChI=1S/C21H26F2N2O3S/c1-3-29(26,27)20-15-18(25-12-10-24(9-8-22)11-13-25)14-19(21(20)28-2)16-4-6-17(23)7-5-16/h4-7,14-15H,3,8-13H2,1-2H3. The maximum atomic E-state index is 13.4. The van der Waals surface area contributed by atoms with E-state index < -0.39 is 9.84 Å². The van der Waals surface area contributed by atoms with E-state index in [9.17, 15) is 17.2 Å². The number of methoxy groups -OCH3 is 1. The number of hydrogen-bond donors (Lipinski definition) is 0. The van der Waals surface area contributed by atoms with Crippen molar-refractivity contribution >= 4 is 15.5 Å². The van der Waals surface area contributed by atoms with Crippen molar-refractivity contribution in [1.82, 2.24) is 4.90 Å². The molecular weight excluding hydrogens is 398 g/mol. The van der Waals surface area contributed by atoms with E-state index in [0.29, 0.717) is 43.9 Å². The number of sulfone groups is 1. The van der Waals surface area contributed by atoms with Crippen LogP contribution in [0, 0.1) is 5.82 Å². The van der Waals surface area contributed by atoms with Gasteiger partial charge in [0.25, 0.3) is 0 Å². The van der Waals surface area contributed by atoms with Gasteiger partial charge in [-0.1, -0.05) is 19.1 Å². The topological polar surface area (TPSA) is 49.9 Å². The van der Waals surface area contributed by atoms with E-state index in [1.165, 1.54) is 19.2 Å². The van der Waals surface area contributed by atoms with Crippen molar-refractivity contribution in [1.29, 1.82) is 0 Å². The fourth-order valence-electron chi connectivity index (χ4n) is 3.56. The van der Waals surface area contributed by atoms with E-state index in [1.807, 2.05) is 11.0 Å². The zero-order chi connectivity index (χ0) is 21.0. The van der Waals surface area contributed by atoms with Crippen LogP contribution >= 0.6 is 0 Å². The van der Waals surface area contributed by atoms with Gasteiger partial charge in [-0.3, -0.25) is 4.90 Å². The van der Waals surface area contributed by atoms with Gasteiger partial charge in [0.1, 0.15) is 23.1 Å². The number of anilines is 1. The van der Waals surface area contributed by atoms with Crippen LogP contribution in [0.25, 0.3) is 11.1 Å². The Balaban J connectivity index is 2.09. The molecule has 29 heavy (non-hydrogen) atoms. The second-order valence-corrected chi connectivity index (χ2v) is 9.20. The molecule has 158 valence electrons. The summed E-state index contributed by atoms with van der Waals surface area (Å²) in [6, 6.07) is 9.43. The lowest BCUT2D eigenvalue weighted by Crippen LogP contribution is -2.47. The van der Waals surface area contributed by atoms with Crippen LogP contribution in [0.1, 0.15) is 6.92 Å². The molecule has 1 fully saturated rings. The van der Waals surface area contributed by atoms with Crippen LogP contribution in [-0.2, 0) is 9.84 Å². The van der Waals surface area contributed by atoms with Gasteiger partial charge in [-0.15, -0.1) is 0 Å². The lowest BCUT2D eigenvalue weighted by molar-refractivity contribution is 0.235. The Morgan fingerprint density at radius 1 is 1.07 bits per heavy atom. The van der Waals surface area contributed by atoms with Gasteiger partial charge < -0.3 is 9.64 Å². The fraction of sp³-hybridized carbons (Fsp3) is 0.429. The summed E-state index contributed by atoms with van der Waals surface area (Å²) < 4.78 is 57.1. The molecule has 0 atom stereocenters. The van der Waals surface area contributed by atoms with Gasteiger partial charge in [0, 0.05) is 44.0 Å². The van der Waals surface area contributed by atoms with E-state index in [-0.39, 0.29) is 28.9 Å². The molecular formula is C21H26F2N2O3S. The maximum absolute atomic E-state index is 13.4. The van der Waals surface area contributed by atoms with E-state index in [2.05, 4.69) is 4.90 Å². The molecule has 0 aliphatic carbocycles. The van der Waals surface area contributed by atoms with Gasteiger partial charge >= 0.3 is 0 Å². The van der Waals surface area contributed by atoms with Crippen LogP contribution in [0.5, 0.6) is 5.75 Å². The highest BCUT2D eigenvalue weighted by Gasteiger charge is 2.25. The summed E-state index contributed by atoms with van der Waals surface area (Å²) in [5.41, 5.74) is 2.04. The van der Waals surface area contributed by atoms with Gasteiger partial charge in [0.2, 0.25) is 0 Å². The minimum Gasteiger partial charge on any atom is -0.495 e. The molecule has 1 aliphatic heterocycles. The first-order valence-corrected chi connectivity index (χ1v) is 11.3. The van der Waals surface area contributed by atoms with Crippen molar-refractivity contribution in [3.05, 3.63) is 42.2 Å². The molecule has 0 aromatic heterocycles. The van der Waals surface area contributed by atoms with Crippen LogP contribution in [0.3, 0.4) is 0 Å². The predicted octanol–water partition coefficient (Wildman–Crippen LogP) is 3.39. The molecule has 5 nitrogen and oxygen atoms in total. The Morgan fingerprint density at radius 3 is 2.28 bits per heavy atom. The van der Waals surface area contributed by atoms with Crippen LogP contribution in [0.15, 0.2) is 41.3 Å². The predicted molar refractivity (Wildman–Crippen MR) is 111 cm³/mol. The summed E-state index contributed by atoms with van der Waals surface area (Å²) in [5.74, 6) is -0.160. The van der Waals surface area contributed by atoms with E-state index in [4.69, 9.17) is 4.74 Å². The number of ether oxygens (including phenoxy) is 1. The summed E-state index contributed by atoms with van der Waals surface area (Å²) in [6.45, 7) is 4.37. The normalized spacial score (nSPS) is 15.5. The minimum absolute atomic E-state index is 0.0556. The van der Waals surface area contributed by atoms with Crippen molar-refractivity contribution in [3.8, 4) is 16.9 Å². The van der Waals surface area contributed by atoms with E-state index >= 15 is 0 Å². The van der Waals surface area contributed by atoms with Crippen molar-refractivity contribution in [2.75, 3.05) is 57.2 Å². The Morgan fingerprint density at radius 2 is 1.72 bits per heavy atom. The van der Waals surface area contributed by atoms with Crippen molar-refractivity contribution in [2.24, 2.45) is 0 Å². The molecule has 0 bridgehead atoms. The maximum Gasteiger partial charge on any atom is 0.181 e. The molecule has 0 unspecified atom stereocenters. The number of nitrogens with zero attached hydrogens (tertiary/aromatic N) is 2. The highest BCUT2D eigenvalue weighted by atomic mass is 32.2. The number of piperazine rings is 1. The summed E-state index contributed by atoms with van der Waals surface area (Å²) in [7, 11) is -2.11. The molecule has 0 radical (unpaired) electrons. The molecule has 1 aliphatic rings. The Kier molecular flexibility index (Phi) is 6.74. The lowest BCUT2D eigenvalue weighted by atomic mass is 10.0. The summed E-state index contributed by atoms with van der Waals surface area (Å²) >= 11 is 0.